The van der Waals surface area contributed by atoms with Crippen LogP contribution in [-0.4, -0.2) is 18.9 Å². The molecule has 0 aliphatic carbocycles. The topological polar surface area (TPSA) is 37.3 Å². The molecule has 0 aromatic rings. The quantitative estimate of drug-likeness (QED) is 0.339. The van der Waals surface area contributed by atoms with Gasteiger partial charge in [-0.05, 0) is 17.3 Å². The van der Waals surface area contributed by atoms with Crippen LogP contribution in [0.15, 0.2) is 0 Å². The third kappa shape index (κ3) is 10.8. The normalized spacial score (nSPS) is 13.3. The molecule has 0 aliphatic rings. The van der Waals surface area contributed by atoms with Gasteiger partial charge in [-0.25, -0.2) is 4.21 Å². The maximum absolute atomic E-state index is 10.2. The highest BCUT2D eigenvalue weighted by atomic mass is 127. The van der Waals surface area contributed by atoms with Gasteiger partial charge in [-0.1, -0.05) is 41.9 Å². The lowest BCUT2D eigenvalue weighted by molar-refractivity contribution is 0.557. The summed E-state index contributed by atoms with van der Waals surface area (Å²) in [6.45, 7) is 0. The van der Waals surface area contributed by atoms with E-state index >= 15 is 0 Å². The minimum Gasteiger partial charge on any atom is -0.306 e. The molecule has 0 aromatic heterocycles. The zero-order chi connectivity index (χ0) is 8.53. The average Bonchev–Trinajstić information content (AvgIpc) is 1.96. The van der Waals surface area contributed by atoms with E-state index in [-0.39, 0.29) is 0 Å². The number of hydrogen-bond acceptors (Lipinski definition) is 1. The number of rotatable bonds is 7. The van der Waals surface area contributed by atoms with Gasteiger partial charge in [0.15, 0.2) is 11.1 Å². The monoisotopic (exact) mass is 290 g/mol. The number of unbranched alkanes of at least 4 members (excludes halogenated alkanes) is 4. The Labute approximate surface area is 84.6 Å². The Kier molecular flexibility index (Phi) is 9.61. The van der Waals surface area contributed by atoms with Gasteiger partial charge in [-0.3, -0.25) is 0 Å². The van der Waals surface area contributed by atoms with Crippen LogP contribution in [0.4, 0.5) is 0 Å². The van der Waals surface area contributed by atoms with Crippen LogP contribution in [0.5, 0.6) is 0 Å². The van der Waals surface area contributed by atoms with Crippen LogP contribution in [0.25, 0.3) is 0 Å². The molecule has 0 aliphatic heterocycles. The number of alkyl halides is 1. The second-order valence-electron chi connectivity index (χ2n) is 2.48. The van der Waals surface area contributed by atoms with E-state index in [1.807, 2.05) is 0 Å². The molecule has 0 heterocycles. The number of halogens is 1. The third-order valence-corrected chi connectivity index (χ3v) is 2.85. The molecule has 0 fully saturated rings. The molecule has 0 saturated carbocycles. The van der Waals surface area contributed by atoms with Crippen LogP contribution in [0.1, 0.15) is 32.1 Å². The van der Waals surface area contributed by atoms with Gasteiger partial charge in [0.05, 0.1) is 0 Å². The molecule has 0 amide bonds. The van der Waals surface area contributed by atoms with Crippen molar-refractivity contribution in [1.82, 2.24) is 0 Å². The van der Waals surface area contributed by atoms with Crippen molar-refractivity contribution in [3.8, 4) is 0 Å². The molecule has 4 heteroatoms. The Balaban J connectivity index is 2.85. The Bertz CT molecular complexity index is 109. The summed E-state index contributed by atoms with van der Waals surface area (Å²) in [5, 5.41) is 0. The van der Waals surface area contributed by atoms with Gasteiger partial charge in [0.2, 0.25) is 0 Å². The fourth-order valence-corrected chi connectivity index (χ4v) is 1.84. The molecule has 0 bridgehead atoms. The molecular formula is C7H15IO2S. The zero-order valence-corrected chi connectivity index (χ0v) is 9.57. The highest BCUT2D eigenvalue weighted by molar-refractivity contribution is 14.1. The zero-order valence-electron chi connectivity index (χ0n) is 6.59. The summed E-state index contributed by atoms with van der Waals surface area (Å²) in [5.74, 6) is 0.449. The SMILES string of the molecule is O=S(O)CCCCCCCI. The van der Waals surface area contributed by atoms with Crippen molar-refractivity contribution < 1.29 is 8.76 Å². The molecule has 68 valence electrons. The lowest BCUT2D eigenvalue weighted by atomic mass is 10.2. The van der Waals surface area contributed by atoms with Crippen molar-refractivity contribution in [3.05, 3.63) is 0 Å². The highest BCUT2D eigenvalue weighted by Gasteiger charge is 1.93. The molecule has 11 heavy (non-hydrogen) atoms. The van der Waals surface area contributed by atoms with Crippen LogP contribution in [-0.2, 0) is 11.1 Å². The fraction of sp³-hybridized carbons (Fsp3) is 1.00. The van der Waals surface area contributed by atoms with Crippen LogP contribution in [0.3, 0.4) is 0 Å². The Morgan fingerprint density at radius 3 is 2.18 bits per heavy atom. The summed E-state index contributed by atoms with van der Waals surface area (Å²) in [6.07, 6.45) is 5.75. The summed E-state index contributed by atoms with van der Waals surface area (Å²) in [4.78, 5) is 0. The van der Waals surface area contributed by atoms with Crippen LogP contribution < -0.4 is 0 Å². The van der Waals surface area contributed by atoms with Gasteiger partial charge >= 0.3 is 0 Å². The molecule has 1 atom stereocenters. The summed E-state index contributed by atoms with van der Waals surface area (Å²) in [7, 11) is 0. The molecular weight excluding hydrogens is 275 g/mol. The standard InChI is InChI=1S/C7H15IO2S/c8-6-4-2-1-3-5-7-11(9)10/h1-7H2,(H,9,10). The maximum Gasteiger partial charge on any atom is 0.152 e. The van der Waals surface area contributed by atoms with E-state index < -0.39 is 11.1 Å². The minimum absolute atomic E-state index is 0.449. The second kappa shape index (κ2) is 8.93. The first-order valence-electron chi connectivity index (χ1n) is 3.91. The molecule has 0 rings (SSSR count). The van der Waals surface area contributed by atoms with E-state index in [0.717, 1.165) is 12.8 Å². The predicted molar refractivity (Wildman–Crippen MR) is 57.6 cm³/mol. The first kappa shape index (κ1) is 11.8. The van der Waals surface area contributed by atoms with Crippen LogP contribution in [0, 0.1) is 0 Å². The van der Waals surface area contributed by atoms with Gasteiger partial charge in [0, 0.05) is 5.75 Å². The summed E-state index contributed by atoms with van der Waals surface area (Å²) in [5.41, 5.74) is 0. The van der Waals surface area contributed by atoms with Crippen LogP contribution >= 0.6 is 22.6 Å². The lowest BCUT2D eigenvalue weighted by Crippen LogP contribution is -1.94. The predicted octanol–water partition coefficient (Wildman–Crippen LogP) is 2.59. The Hall–Kier alpha value is 0.840. The van der Waals surface area contributed by atoms with E-state index in [1.165, 1.54) is 23.7 Å². The smallest absolute Gasteiger partial charge is 0.152 e. The first-order chi connectivity index (χ1) is 5.27. The van der Waals surface area contributed by atoms with Crippen molar-refractivity contribution in [3.63, 3.8) is 0 Å². The summed E-state index contributed by atoms with van der Waals surface area (Å²) in [6, 6.07) is 0. The van der Waals surface area contributed by atoms with E-state index in [9.17, 15) is 4.21 Å². The fourth-order valence-electron chi connectivity index (χ4n) is 0.850. The van der Waals surface area contributed by atoms with E-state index in [0.29, 0.717) is 5.75 Å². The minimum atomic E-state index is -1.57. The van der Waals surface area contributed by atoms with Crippen molar-refractivity contribution in [2.45, 2.75) is 32.1 Å². The molecule has 0 aromatic carbocycles. The summed E-state index contributed by atoms with van der Waals surface area (Å²) >= 11 is 0.796. The molecule has 1 unspecified atom stereocenters. The third-order valence-electron chi connectivity index (χ3n) is 1.45. The van der Waals surface area contributed by atoms with Crippen molar-refractivity contribution in [2.24, 2.45) is 0 Å². The van der Waals surface area contributed by atoms with Gasteiger partial charge in [-0.15, -0.1) is 0 Å². The van der Waals surface area contributed by atoms with E-state index in [1.54, 1.807) is 0 Å². The Morgan fingerprint density at radius 1 is 1.09 bits per heavy atom. The van der Waals surface area contributed by atoms with Gasteiger partial charge in [0.25, 0.3) is 0 Å². The van der Waals surface area contributed by atoms with Crippen molar-refractivity contribution in [2.75, 3.05) is 10.2 Å². The molecule has 0 spiro atoms. The van der Waals surface area contributed by atoms with Crippen molar-refractivity contribution in [1.29, 1.82) is 0 Å². The molecule has 0 saturated heterocycles. The van der Waals surface area contributed by atoms with Gasteiger partial charge < -0.3 is 4.55 Å². The van der Waals surface area contributed by atoms with Gasteiger partial charge in [0.1, 0.15) is 0 Å². The maximum atomic E-state index is 10.2. The van der Waals surface area contributed by atoms with E-state index in [2.05, 4.69) is 22.6 Å². The first-order valence-corrected chi connectivity index (χ1v) is 6.71. The van der Waals surface area contributed by atoms with Crippen molar-refractivity contribution >= 4 is 33.7 Å². The largest absolute Gasteiger partial charge is 0.306 e. The molecule has 1 N–H and O–H groups in total. The lowest BCUT2D eigenvalue weighted by Gasteiger charge is -1.96. The molecule has 0 radical (unpaired) electrons. The average molecular weight is 290 g/mol. The Morgan fingerprint density at radius 2 is 1.64 bits per heavy atom. The highest BCUT2D eigenvalue weighted by Crippen LogP contribution is 2.04. The van der Waals surface area contributed by atoms with E-state index in [4.69, 9.17) is 4.55 Å². The van der Waals surface area contributed by atoms with Crippen LogP contribution in [0.2, 0.25) is 0 Å². The molecule has 2 nitrogen and oxygen atoms in total. The van der Waals surface area contributed by atoms with Gasteiger partial charge in [-0.2, -0.15) is 0 Å². The second-order valence-corrected chi connectivity index (χ2v) is 4.61. The number of hydrogen-bond donors (Lipinski definition) is 1. The summed E-state index contributed by atoms with van der Waals surface area (Å²) < 4.78 is 19.9.